The molecule has 3 nitrogen and oxygen atoms in total. The minimum atomic E-state index is -0.228. The van der Waals surface area contributed by atoms with Crippen LogP contribution in [-0.4, -0.2) is 12.5 Å². The van der Waals surface area contributed by atoms with Crippen LogP contribution in [0.15, 0.2) is 54.6 Å². The van der Waals surface area contributed by atoms with Crippen molar-refractivity contribution in [2.75, 3.05) is 11.6 Å². The number of nitrogens with one attached hydrogen (secondary N) is 1. The average molecular weight is 273 g/mol. The van der Waals surface area contributed by atoms with E-state index in [1.54, 1.807) is 5.01 Å². The maximum atomic E-state index is 12.5. The van der Waals surface area contributed by atoms with Gasteiger partial charge in [0.15, 0.2) is 0 Å². The van der Waals surface area contributed by atoms with Crippen molar-refractivity contribution in [3.63, 3.8) is 0 Å². The molecule has 0 bridgehead atoms. The zero-order valence-corrected chi connectivity index (χ0v) is 11.0. The topological polar surface area (TPSA) is 32.3 Å². The van der Waals surface area contributed by atoms with Crippen molar-refractivity contribution < 1.29 is 4.79 Å². The number of hydrogen-bond acceptors (Lipinski definition) is 2. The van der Waals surface area contributed by atoms with Gasteiger partial charge in [0, 0.05) is 11.6 Å². The lowest BCUT2D eigenvalue weighted by Gasteiger charge is -2.16. The van der Waals surface area contributed by atoms with Gasteiger partial charge < -0.3 is 0 Å². The summed E-state index contributed by atoms with van der Waals surface area (Å²) in [6, 6.07) is 17.0. The van der Waals surface area contributed by atoms with Gasteiger partial charge in [0.05, 0.1) is 11.6 Å². The van der Waals surface area contributed by atoms with E-state index in [1.807, 2.05) is 54.6 Å². The lowest BCUT2D eigenvalue weighted by atomic mass is 9.99. The van der Waals surface area contributed by atoms with E-state index in [0.29, 0.717) is 11.6 Å². The van der Waals surface area contributed by atoms with Gasteiger partial charge in [-0.2, -0.15) is 0 Å². The standard InChI is InChI=1S/C15H13ClN2O/c16-14-9-5-4-8-12(14)13-10-17-18(15(13)19)11-6-2-1-3-7-11/h1-9,13,17H,10H2. The first kappa shape index (κ1) is 12.2. The third kappa shape index (κ3) is 2.23. The van der Waals surface area contributed by atoms with E-state index in [9.17, 15) is 4.79 Å². The largest absolute Gasteiger partial charge is 0.272 e. The SMILES string of the molecule is O=C1C(c2ccccc2Cl)CNN1c1ccccc1. The summed E-state index contributed by atoms with van der Waals surface area (Å²) in [6.07, 6.45) is 0. The third-order valence-electron chi connectivity index (χ3n) is 3.27. The highest BCUT2D eigenvalue weighted by molar-refractivity contribution is 6.31. The van der Waals surface area contributed by atoms with Gasteiger partial charge in [-0.3, -0.25) is 4.79 Å². The van der Waals surface area contributed by atoms with E-state index in [0.717, 1.165) is 11.3 Å². The number of amides is 1. The second-order valence-corrected chi connectivity index (χ2v) is 4.85. The lowest BCUT2D eigenvalue weighted by Crippen LogP contribution is -2.34. The minimum absolute atomic E-state index is 0.0271. The van der Waals surface area contributed by atoms with E-state index >= 15 is 0 Å². The van der Waals surface area contributed by atoms with Crippen LogP contribution in [0.4, 0.5) is 5.69 Å². The van der Waals surface area contributed by atoms with Crippen LogP contribution in [0.3, 0.4) is 0 Å². The van der Waals surface area contributed by atoms with Gasteiger partial charge in [-0.05, 0) is 23.8 Å². The molecule has 1 heterocycles. The second kappa shape index (κ2) is 5.03. The Morgan fingerprint density at radius 3 is 2.47 bits per heavy atom. The molecule has 1 fully saturated rings. The Labute approximate surface area is 116 Å². The number of para-hydroxylation sites is 1. The zero-order valence-electron chi connectivity index (χ0n) is 10.2. The normalized spacial score (nSPS) is 18.9. The van der Waals surface area contributed by atoms with E-state index in [-0.39, 0.29) is 11.8 Å². The molecule has 1 aliphatic heterocycles. The van der Waals surface area contributed by atoms with Gasteiger partial charge in [-0.15, -0.1) is 0 Å². The van der Waals surface area contributed by atoms with Gasteiger partial charge in [-0.1, -0.05) is 48.0 Å². The molecule has 1 unspecified atom stereocenters. The fraction of sp³-hybridized carbons (Fsp3) is 0.133. The predicted octanol–water partition coefficient (Wildman–Crippen LogP) is 2.98. The maximum Gasteiger partial charge on any atom is 0.250 e. The quantitative estimate of drug-likeness (QED) is 0.912. The number of nitrogens with zero attached hydrogens (tertiary/aromatic N) is 1. The summed E-state index contributed by atoms with van der Waals surface area (Å²) < 4.78 is 0. The first-order valence-corrected chi connectivity index (χ1v) is 6.52. The Morgan fingerprint density at radius 2 is 1.74 bits per heavy atom. The molecule has 19 heavy (non-hydrogen) atoms. The van der Waals surface area contributed by atoms with Crippen molar-refractivity contribution in [1.29, 1.82) is 0 Å². The summed E-state index contributed by atoms with van der Waals surface area (Å²) in [4.78, 5) is 12.5. The number of halogens is 1. The van der Waals surface area contributed by atoms with Crippen LogP contribution in [0.2, 0.25) is 5.02 Å². The third-order valence-corrected chi connectivity index (χ3v) is 3.61. The minimum Gasteiger partial charge on any atom is -0.272 e. The molecular weight excluding hydrogens is 260 g/mol. The van der Waals surface area contributed by atoms with Crippen molar-refractivity contribution in [2.45, 2.75) is 5.92 Å². The molecule has 3 rings (SSSR count). The summed E-state index contributed by atoms with van der Waals surface area (Å²) in [5.74, 6) is -0.201. The van der Waals surface area contributed by atoms with Crippen LogP contribution in [0.1, 0.15) is 11.5 Å². The Kier molecular flexibility index (Phi) is 3.23. The van der Waals surface area contributed by atoms with Gasteiger partial charge in [0.25, 0.3) is 0 Å². The highest BCUT2D eigenvalue weighted by Gasteiger charge is 2.34. The molecule has 0 saturated carbocycles. The lowest BCUT2D eigenvalue weighted by molar-refractivity contribution is -0.118. The van der Waals surface area contributed by atoms with Gasteiger partial charge in [0.2, 0.25) is 5.91 Å². The molecule has 2 aromatic rings. The molecule has 0 aliphatic carbocycles. The Balaban J connectivity index is 1.89. The van der Waals surface area contributed by atoms with Crippen LogP contribution in [0.25, 0.3) is 0 Å². The van der Waals surface area contributed by atoms with Crippen molar-refractivity contribution >= 4 is 23.2 Å². The highest BCUT2D eigenvalue weighted by atomic mass is 35.5. The van der Waals surface area contributed by atoms with Crippen LogP contribution < -0.4 is 10.4 Å². The smallest absolute Gasteiger partial charge is 0.250 e. The molecule has 96 valence electrons. The summed E-state index contributed by atoms with van der Waals surface area (Å²) in [5, 5.41) is 2.23. The highest BCUT2D eigenvalue weighted by Crippen LogP contribution is 2.30. The molecule has 1 atom stereocenters. The maximum absolute atomic E-state index is 12.5. The molecule has 0 spiro atoms. The van der Waals surface area contributed by atoms with Gasteiger partial charge >= 0.3 is 0 Å². The summed E-state index contributed by atoms with van der Waals surface area (Å²) in [6.45, 7) is 0.567. The van der Waals surface area contributed by atoms with Crippen molar-refractivity contribution in [3.05, 3.63) is 65.2 Å². The van der Waals surface area contributed by atoms with Crippen LogP contribution in [0, 0.1) is 0 Å². The van der Waals surface area contributed by atoms with Crippen molar-refractivity contribution in [3.8, 4) is 0 Å². The van der Waals surface area contributed by atoms with E-state index < -0.39 is 0 Å². The summed E-state index contributed by atoms with van der Waals surface area (Å²) >= 11 is 6.16. The van der Waals surface area contributed by atoms with Gasteiger partial charge in [0.1, 0.15) is 0 Å². The molecule has 0 aromatic heterocycles. The molecule has 1 amide bonds. The number of rotatable bonds is 2. The van der Waals surface area contributed by atoms with E-state index in [1.165, 1.54) is 0 Å². The Bertz CT molecular complexity index is 600. The molecule has 0 radical (unpaired) electrons. The fourth-order valence-electron chi connectivity index (χ4n) is 2.30. The number of anilines is 1. The number of benzene rings is 2. The van der Waals surface area contributed by atoms with Crippen LogP contribution in [0.5, 0.6) is 0 Å². The molecule has 2 aromatic carbocycles. The van der Waals surface area contributed by atoms with E-state index in [4.69, 9.17) is 11.6 Å². The molecule has 1 N–H and O–H groups in total. The monoisotopic (exact) mass is 272 g/mol. The summed E-state index contributed by atoms with van der Waals surface area (Å²) in [7, 11) is 0. The molecule has 1 aliphatic rings. The van der Waals surface area contributed by atoms with Crippen molar-refractivity contribution in [2.24, 2.45) is 0 Å². The molecule has 4 heteroatoms. The molecular formula is C15H13ClN2O. The second-order valence-electron chi connectivity index (χ2n) is 4.45. The Hall–Kier alpha value is -1.84. The number of carbonyl (C=O) groups excluding carboxylic acids is 1. The number of hydrogen-bond donors (Lipinski definition) is 1. The Morgan fingerprint density at radius 1 is 1.05 bits per heavy atom. The number of hydrazine groups is 1. The fourth-order valence-corrected chi connectivity index (χ4v) is 2.57. The van der Waals surface area contributed by atoms with Crippen molar-refractivity contribution in [1.82, 2.24) is 5.43 Å². The number of carbonyl (C=O) groups is 1. The first-order valence-electron chi connectivity index (χ1n) is 6.14. The average Bonchev–Trinajstić information content (AvgIpc) is 2.82. The summed E-state index contributed by atoms with van der Waals surface area (Å²) in [5.41, 5.74) is 4.85. The van der Waals surface area contributed by atoms with E-state index in [2.05, 4.69) is 5.43 Å². The van der Waals surface area contributed by atoms with Crippen LogP contribution >= 0.6 is 11.6 Å². The van der Waals surface area contributed by atoms with Gasteiger partial charge in [-0.25, -0.2) is 10.4 Å². The molecule has 1 saturated heterocycles. The first-order chi connectivity index (χ1) is 9.27. The zero-order chi connectivity index (χ0) is 13.2. The predicted molar refractivity (Wildman–Crippen MR) is 76.1 cm³/mol. The van der Waals surface area contributed by atoms with Crippen LogP contribution in [-0.2, 0) is 4.79 Å².